The Kier molecular flexibility index (Phi) is 6.46. The predicted molar refractivity (Wildman–Crippen MR) is 114 cm³/mol. The molecule has 0 atom stereocenters. The molecule has 3 rings (SSSR count). The number of amides is 1. The number of hydrogen-bond acceptors (Lipinski definition) is 4. The van der Waals surface area contributed by atoms with Crippen LogP contribution in [-0.4, -0.2) is 23.6 Å². The number of aliphatic hydroxyl groups is 1. The molecule has 0 saturated heterocycles. The molecule has 148 valence electrons. The normalized spacial score (nSPS) is 11.0. The summed E-state index contributed by atoms with van der Waals surface area (Å²) in [4.78, 5) is 25.1. The Morgan fingerprint density at radius 1 is 0.966 bits per heavy atom. The van der Waals surface area contributed by atoms with E-state index in [0.29, 0.717) is 16.8 Å². The highest BCUT2D eigenvalue weighted by atomic mass is 79.9. The van der Waals surface area contributed by atoms with Gasteiger partial charge in [-0.2, -0.15) is 0 Å². The minimum atomic E-state index is -2.02. The Bertz CT molecular complexity index is 966. The molecule has 1 amide bonds. The molecule has 0 fully saturated rings. The molecule has 0 radical (unpaired) electrons. The first-order valence-corrected chi connectivity index (χ1v) is 9.77. The third kappa shape index (κ3) is 4.72. The SMILES string of the molecule is Cc1ccc(NC(=O)COC(=O)C(O)(c2ccccc2)c2ccccc2)cc1Br. The van der Waals surface area contributed by atoms with Crippen molar-refractivity contribution in [2.45, 2.75) is 12.5 Å². The second kappa shape index (κ2) is 9.03. The van der Waals surface area contributed by atoms with E-state index in [9.17, 15) is 14.7 Å². The molecule has 29 heavy (non-hydrogen) atoms. The zero-order valence-corrected chi connectivity index (χ0v) is 17.3. The average molecular weight is 454 g/mol. The second-order valence-electron chi connectivity index (χ2n) is 6.53. The van der Waals surface area contributed by atoms with Crippen molar-refractivity contribution >= 4 is 33.5 Å². The summed E-state index contributed by atoms with van der Waals surface area (Å²) in [5.41, 5.74) is 0.309. The van der Waals surface area contributed by atoms with Crippen LogP contribution >= 0.6 is 15.9 Å². The number of aryl methyl sites for hydroxylation is 1. The van der Waals surface area contributed by atoms with Crippen molar-refractivity contribution in [1.82, 2.24) is 0 Å². The van der Waals surface area contributed by atoms with E-state index in [4.69, 9.17) is 4.74 Å². The Labute approximate surface area is 177 Å². The van der Waals surface area contributed by atoms with Crippen LogP contribution in [0, 0.1) is 6.92 Å². The highest BCUT2D eigenvalue weighted by molar-refractivity contribution is 9.10. The van der Waals surface area contributed by atoms with Crippen LogP contribution in [0.4, 0.5) is 5.69 Å². The molecule has 0 aliphatic rings. The summed E-state index contributed by atoms with van der Waals surface area (Å²) in [7, 11) is 0. The van der Waals surface area contributed by atoms with Crippen LogP contribution in [0.1, 0.15) is 16.7 Å². The number of nitrogens with one attached hydrogen (secondary N) is 1. The highest BCUT2D eigenvalue weighted by Crippen LogP contribution is 2.31. The van der Waals surface area contributed by atoms with Gasteiger partial charge in [0, 0.05) is 10.2 Å². The fraction of sp³-hybridized carbons (Fsp3) is 0.130. The lowest BCUT2D eigenvalue weighted by molar-refractivity contribution is -0.163. The Balaban J connectivity index is 1.75. The zero-order chi connectivity index (χ0) is 20.9. The number of benzene rings is 3. The van der Waals surface area contributed by atoms with E-state index in [-0.39, 0.29) is 0 Å². The molecular formula is C23H20BrNO4. The number of ether oxygens (including phenoxy) is 1. The van der Waals surface area contributed by atoms with Crippen LogP contribution in [0.2, 0.25) is 0 Å². The maximum absolute atomic E-state index is 12.9. The molecule has 5 nitrogen and oxygen atoms in total. The van der Waals surface area contributed by atoms with E-state index in [1.54, 1.807) is 72.8 Å². The van der Waals surface area contributed by atoms with Gasteiger partial charge in [-0.1, -0.05) is 82.7 Å². The topological polar surface area (TPSA) is 75.6 Å². The first-order valence-electron chi connectivity index (χ1n) is 8.98. The fourth-order valence-corrected chi connectivity index (χ4v) is 3.24. The summed E-state index contributed by atoms with van der Waals surface area (Å²) in [5.74, 6) is -1.42. The monoisotopic (exact) mass is 453 g/mol. The maximum Gasteiger partial charge on any atom is 0.348 e. The van der Waals surface area contributed by atoms with Crippen molar-refractivity contribution in [3.63, 3.8) is 0 Å². The standard InChI is InChI=1S/C23H20BrNO4/c1-16-12-13-19(14-20(16)24)25-21(26)15-29-22(27)23(28,17-8-4-2-5-9-17)18-10-6-3-7-11-18/h2-14,28H,15H2,1H3,(H,25,26). The third-order valence-electron chi connectivity index (χ3n) is 4.47. The summed E-state index contributed by atoms with van der Waals surface area (Å²) < 4.78 is 6.05. The first-order chi connectivity index (χ1) is 13.9. The second-order valence-corrected chi connectivity index (χ2v) is 7.39. The van der Waals surface area contributed by atoms with E-state index in [1.165, 1.54) is 0 Å². The molecule has 0 saturated carbocycles. The summed E-state index contributed by atoms with van der Waals surface area (Å²) in [5, 5.41) is 13.9. The van der Waals surface area contributed by atoms with Crippen molar-refractivity contribution in [3.8, 4) is 0 Å². The molecule has 0 aliphatic carbocycles. The number of carbonyl (C=O) groups is 2. The van der Waals surface area contributed by atoms with Crippen LogP contribution in [0.3, 0.4) is 0 Å². The summed E-state index contributed by atoms with van der Waals surface area (Å²) >= 11 is 3.41. The number of carbonyl (C=O) groups excluding carboxylic acids is 2. The van der Waals surface area contributed by atoms with E-state index in [0.717, 1.165) is 10.0 Å². The van der Waals surface area contributed by atoms with Crippen LogP contribution in [0.25, 0.3) is 0 Å². The smallest absolute Gasteiger partial charge is 0.348 e. The van der Waals surface area contributed by atoms with Crippen molar-refractivity contribution in [2.75, 3.05) is 11.9 Å². The number of anilines is 1. The third-order valence-corrected chi connectivity index (χ3v) is 5.32. The van der Waals surface area contributed by atoms with Gasteiger partial charge in [-0.05, 0) is 35.7 Å². The molecule has 0 bridgehead atoms. The largest absolute Gasteiger partial charge is 0.453 e. The first kappa shape index (κ1) is 20.8. The molecule has 0 aromatic heterocycles. The zero-order valence-electron chi connectivity index (χ0n) is 15.8. The lowest BCUT2D eigenvalue weighted by atomic mass is 9.86. The number of rotatable bonds is 6. The minimum Gasteiger partial charge on any atom is -0.453 e. The van der Waals surface area contributed by atoms with E-state index < -0.39 is 24.1 Å². The summed E-state index contributed by atoms with van der Waals surface area (Å²) in [6.45, 7) is 1.41. The van der Waals surface area contributed by atoms with E-state index in [2.05, 4.69) is 21.2 Å². The molecule has 0 heterocycles. The van der Waals surface area contributed by atoms with Gasteiger partial charge in [0.25, 0.3) is 5.91 Å². The van der Waals surface area contributed by atoms with Crippen LogP contribution < -0.4 is 5.32 Å². The molecule has 6 heteroatoms. The Morgan fingerprint density at radius 2 is 1.52 bits per heavy atom. The lowest BCUT2D eigenvalue weighted by Gasteiger charge is -2.27. The van der Waals surface area contributed by atoms with Gasteiger partial charge in [0.1, 0.15) is 0 Å². The Hall–Kier alpha value is -2.96. The van der Waals surface area contributed by atoms with E-state index >= 15 is 0 Å². The highest BCUT2D eigenvalue weighted by Gasteiger charge is 2.41. The minimum absolute atomic E-state index is 0.360. The van der Waals surface area contributed by atoms with Gasteiger partial charge in [-0.3, -0.25) is 4.79 Å². The van der Waals surface area contributed by atoms with Gasteiger partial charge in [0.05, 0.1) is 0 Å². The molecule has 0 unspecified atom stereocenters. The maximum atomic E-state index is 12.9. The van der Waals surface area contributed by atoms with Gasteiger partial charge >= 0.3 is 5.97 Å². The number of hydrogen-bond donors (Lipinski definition) is 2. The number of esters is 1. The van der Waals surface area contributed by atoms with Crippen molar-refractivity contribution < 1.29 is 19.4 Å². The Morgan fingerprint density at radius 3 is 2.03 bits per heavy atom. The van der Waals surface area contributed by atoms with Crippen molar-refractivity contribution in [2.24, 2.45) is 0 Å². The molecule has 3 aromatic carbocycles. The van der Waals surface area contributed by atoms with Crippen molar-refractivity contribution in [1.29, 1.82) is 0 Å². The van der Waals surface area contributed by atoms with Crippen LogP contribution in [0.15, 0.2) is 83.3 Å². The van der Waals surface area contributed by atoms with Crippen LogP contribution in [0.5, 0.6) is 0 Å². The summed E-state index contributed by atoms with van der Waals surface area (Å²) in [6.07, 6.45) is 0. The van der Waals surface area contributed by atoms with E-state index in [1.807, 2.05) is 13.0 Å². The molecule has 0 spiro atoms. The quantitative estimate of drug-likeness (QED) is 0.549. The van der Waals surface area contributed by atoms with Gasteiger partial charge in [-0.25, -0.2) is 4.79 Å². The van der Waals surface area contributed by atoms with Gasteiger partial charge in [0.15, 0.2) is 6.61 Å². The molecule has 3 aromatic rings. The van der Waals surface area contributed by atoms with Crippen LogP contribution in [-0.2, 0) is 19.9 Å². The molecular weight excluding hydrogens is 434 g/mol. The lowest BCUT2D eigenvalue weighted by Crippen LogP contribution is -2.39. The predicted octanol–water partition coefficient (Wildman–Crippen LogP) is 4.18. The van der Waals surface area contributed by atoms with Crippen molar-refractivity contribution in [3.05, 3.63) is 100 Å². The summed E-state index contributed by atoms with van der Waals surface area (Å²) in [6, 6.07) is 22.4. The number of halogens is 1. The molecule has 0 aliphatic heterocycles. The van der Waals surface area contributed by atoms with Gasteiger partial charge in [-0.15, -0.1) is 0 Å². The van der Waals surface area contributed by atoms with Gasteiger partial charge < -0.3 is 15.2 Å². The fourth-order valence-electron chi connectivity index (χ4n) is 2.86. The molecule has 2 N–H and O–H groups in total. The average Bonchev–Trinajstić information content (AvgIpc) is 2.75. The van der Waals surface area contributed by atoms with Gasteiger partial charge in [0.2, 0.25) is 5.60 Å².